The zero-order valence-electron chi connectivity index (χ0n) is 7.72. The van der Waals surface area contributed by atoms with E-state index in [0.29, 0.717) is 0 Å². The number of hydrogen-bond acceptors (Lipinski definition) is 0. The fourth-order valence-electron chi connectivity index (χ4n) is 0.483. The van der Waals surface area contributed by atoms with Crippen LogP contribution in [0.5, 0.6) is 0 Å². The van der Waals surface area contributed by atoms with Crippen molar-refractivity contribution in [2.75, 3.05) is 0 Å². The van der Waals surface area contributed by atoms with Crippen molar-refractivity contribution in [1.29, 1.82) is 0 Å². The van der Waals surface area contributed by atoms with Crippen molar-refractivity contribution in [2.24, 2.45) is 0 Å². The van der Waals surface area contributed by atoms with Gasteiger partial charge in [0.2, 0.25) is 0 Å². The minimum Gasteiger partial charge on any atom is -0.0979 e. The van der Waals surface area contributed by atoms with Crippen molar-refractivity contribution in [3.63, 3.8) is 0 Å². The van der Waals surface area contributed by atoms with Crippen LogP contribution < -0.4 is 0 Å². The highest BCUT2D eigenvalue weighted by molar-refractivity contribution is 8.16. The van der Waals surface area contributed by atoms with Crippen LogP contribution in [0, 0.1) is 23.2 Å². The molecule has 0 heterocycles. The van der Waals surface area contributed by atoms with Gasteiger partial charge < -0.3 is 0 Å². The Balaban J connectivity index is 3.23. The summed E-state index contributed by atoms with van der Waals surface area (Å²) >= 11 is 0. The maximum absolute atomic E-state index is 3.09. The van der Waals surface area contributed by atoms with E-state index < -0.39 is 0 Å². The van der Waals surface area contributed by atoms with Crippen molar-refractivity contribution in [2.45, 2.75) is 39.5 Å². The third kappa shape index (κ3) is 9.98. The molecule has 0 saturated heterocycles. The zero-order chi connectivity index (χ0) is 9.07. The van der Waals surface area contributed by atoms with Gasteiger partial charge in [-0.15, -0.1) is 0 Å². The van der Waals surface area contributed by atoms with Crippen molar-refractivity contribution < 1.29 is 0 Å². The Morgan fingerprint density at radius 2 is 1.25 bits per heavy atom. The monoisotopic (exact) mass is 196 g/mol. The van der Waals surface area contributed by atoms with Gasteiger partial charge in [0, 0.05) is 12.8 Å². The summed E-state index contributed by atoms with van der Waals surface area (Å²) in [6, 6.07) is 0. The molecule has 0 saturated carbocycles. The normalized spacial score (nSPS) is 9.83. The predicted octanol–water partition coefficient (Wildman–Crippen LogP) is 4.32. The second-order valence-corrected chi connectivity index (χ2v) is 4.32. The first-order chi connectivity index (χ1) is 5.91. The molecule has 0 fully saturated rings. The number of unbranched alkanes of at least 4 members (excludes halogenated alkanes) is 2. The van der Waals surface area contributed by atoms with E-state index in [1.165, 1.54) is 0 Å². The van der Waals surface area contributed by atoms with Crippen LogP contribution >= 0.6 is 16.5 Å². The average Bonchev–Trinajstić information content (AvgIpc) is 2.10. The molecule has 12 heavy (non-hydrogen) atoms. The third-order valence-corrected chi connectivity index (χ3v) is 2.57. The lowest BCUT2D eigenvalue weighted by Gasteiger charge is -1.79. The third-order valence-electron chi connectivity index (χ3n) is 1.06. The van der Waals surface area contributed by atoms with Gasteiger partial charge >= 0.3 is 0 Å². The van der Waals surface area contributed by atoms with Gasteiger partial charge in [-0.05, 0) is 12.8 Å². The Morgan fingerprint density at radius 3 is 1.58 bits per heavy atom. The molecule has 0 aliphatic carbocycles. The van der Waals surface area contributed by atoms with Crippen molar-refractivity contribution in [3.05, 3.63) is 0 Å². The smallest absolute Gasteiger partial charge is 0.0586 e. The lowest BCUT2D eigenvalue weighted by molar-refractivity contribution is 0.984. The van der Waals surface area contributed by atoms with Crippen molar-refractivity contribution in [3.8, 4) is 23.2 Å². The first-order valence-corrected chi connectivity index (χ1v) is 6.76. The average molecular weight is 196 g/mol. The van der Waals surface area contributed by atoms with Gasteiger partial charge in [0.1, 0.15) is 0 Å². The van der Waals surface area contributed by atoms with Crippen molar-refractivity contribution >= 4 is 16.5 Å². The minimum absolute atomic E-state index is 1.02. The van der Waals surface area contributed by atoms with Crippen molar-refractivity contribution in [1.82, 2.24) is 0 Å². The van der Waals surface area contributed by atoms with Gasteiger partial charge in [0.25, 0.3) is 0 Å². The highest BCUT2D eigenvalue weighted by Crippen LogP contribution is 2.33. The van der Waals surface area contributed by atoms with Crippen LogP contribution in [0.25, 0.3) is 0 Å². The first kappa shape index (κ1) is 12.0. The molecule has 0 rings (SSSR count). The summed E-state index contributed by atoms with van der Waals surface area (Å²) in [5.41, 5.74) is 6.14. The quantitative estimate of drug-likeness (QED) is 0.358. The van der Waals surface area contributed by atoms with E-state index in [-0.39, 0.29) is 0 Å². The maximum Gasteiger partial charge on any atom is 0.0586 e. The molecule has 0 aliphatic rings. The molecule has 0 aliphatic heterocycles. The summed E-state index contributed by atoms with van der Waals surface area (Å²) in [6.45, 7) is 4.29. The Morgan fingerprint density at radius 1 is 0.833 bits per heavy atom. The summed E-state index contributed by atoms with van der Waals surface area (Å²) < 4.78 is 0. The highest BCUT2D eigenvalue weighted by atomic mass is 32.0. The molecule has 0 spiro atoms. The molecule has 0 nitrogen and oxygen atoms in total. The Labute approximate surface area is 79.7 Å². The number of rotatable bonds is 3. The van der Waals surface area contributed by atoms with Crippen LogP contribution in [0.1, 0.15) is 39.5 Å². The lowest BCUT2D eigenvalue weighted by atomic mass is 10.4. The van der Waals surface area contributed by atoms with E-state index in [1.807, 2.05) is 0 Å². The summed E-state index contributed by atoms with van der Waals surface area (Å²) in [5.74, 6) is 6.18. The van der Waals surface area contributed by atoms with E-state index in [9.17, 15) is 0 Å². The molecular formula is C10H14P2. The fraction of sp³-hybridized carbons (Fsp3) is 0.600. The van der Waals surface area contributed by atoms with Gasteiger partial charge in [-0.3, -0.25) is 0 Å². The highest BCUT2D eigenvalue weighted by Gasteiger charge is 1.77. The standard InChI is InChI=1S/C10H14P2/c1-3-5-7-9-11-12-10-8-6-4-2/h3-6H2,1-2H3. The first-order valence-electron chi connectivity index (χ1n) is 4.27. The molecule has 2 heteroatoms. The predicted molar refractivity (Wildman–Crippen MR) is 59.2 cm³/mol. The molecule has 0 amide bonds. The van der Waals surface area contributed by atoms with Crippen LogP contribution in [-0.2, 0) is 0 Å². The lowest BCUT2D eigenvalue weighted by Crippen LogP contribution is -1.57. The van der Waals surface area contributed by atoms with E-state index in [0.717, 1.165) is 42.2 Å². The molecular weight excluding hydrogens is 182 g/mol. The topological polar surface area (TPSA) is 0 Å². The Bertz CT molecular complexity index is 175. The molecule has 0 bridgehead atoms. The van der Waals surface area contributed by atoms with Gasteiger partial charge in [-0.2, -0.15) is 0 Å². The Kier molecular flexibility index (Phi) is 11.0. The minimum atomic E-state index is 1.02. The molecule has 0 aromatic carbocycles. The largest absolute Gasteiger partial charge is 0.0979 e. The molecule has 0 unspecified atom stereocenters. The van der Waals surface area contributed by atoms with Gasteiger partial charge in [0.15, 0.2) is 0 Å². The van der Waals surface area contributed by atoms with Crippen LogP contribution in [0.3, 0.4) is 0 Å². The molecule has 0 N–H and O–H groups in total. The second-order valence-electron chi connectivity index (χ2n) is 2.28. The summed E-state index contributed by atoms with van der Waals surface area (Å²) in [6.07, 6.45) is 4.34. The molecule has 0 aromatic rings. The van der Waals surface area contributed by atoms with Crippen LogP contribution in [0.15, 0.2) is 0 Å². The molecule has 2 radical (unpaired) electrons. The van der Waals surface area contributed by atoms with Gasteiger partial charge in [-0.1, -0.05) is 37.0 Å². The van der Waals surface area contributed by atoms with E-state index in [1.54, 1.807) is 0 Å². The molecule has 0 aromatic heterocycles. The summed E-state index contributed by atoms with van der Waals surface area (Å²) in [5, 5.41) is 0. The van der Waals surface area contributed by atoms with Gasteiger partial charge in [-0.25, -0.2) is 0 Å². The van der Waals surface area contributed by atoms with Crippen LogP contribution in [0.2, 0.25) is 0 Å². The second kappa shape index (κ2) is 11.0. The van der Waals surface area contributed by atoms with E-state index in [2.05, 4.69) is 37.0 Å². The maximum atomic E-state index is 3.09. The summed E-state index contributed by atoms with van der Waals surface area (Å²) in [4.78, 5) is 0. The SMILES string of the molecule is CCCC#C[P][P]C#CCCC. The van der Waals surface area contributed by atoms with Gasteiger partial charge in [0.05, 0.1) is 16.5 Å². The fourth-order valence-corrected chi connectivity index (χ4v) is 1.67. The van der Waals surface area contributed by atoms with Crippen LogP contribution in [-0.4, -0.2) is 0 Å². The zero-order valence-corrected chi connectivity index (χ0v) is 9.51. The molecule has 0 atom stereocenters. The molecule has 64 valence electrons. The Hall–Kier alpha value is -0.0200. The number of hydrogen-bond donors (Lipinski definition) is 0. The van der Waals surface area contributed by atoms with E-state index >= 15 is 0 Å². The van der Waals surface area contributed by atoms with Crippen LogP contribution in [0.4, 0.5) is 0 Å². The summed E-state index contributed by atoms with van der Waals surface area (Å²) in [7, 11) is 2.27. The van der Waals surface area contributed by atoms with E-state index in [4.69, 9.17) is 0 Å².